The Hall–Kier alpha value is -2.40. The summed E-state index contributed by atoms with van der Waals surface area (Å²) in [6.07, 6.45) is 0. The fourth-order valence-electron chi connectivity index (χ4n) is 2.68. The van der Waals surface area contributed by atoms with Crippen LogP contribution in [0.4, 0.5) is 8.78 Å². The van der Waals surface area contributed by atoms with E-state index in [0.717, 1.165) is 21.8 Å². The van der Waals surface area contributed by atoms with E-state index in [2.05, 4.69) is 14.7 Å². The van der Waals surface area contributed by atoms with Crippen LogP contribution >= 0.6 is 11.6 Å². The third-order valence-corrected chi connectivity index (χ3v) is 3.88. The second-order valence-electron chi connectivity index (χ2n) is 4.88. The van der Waals surface area contributed by atoms with Crippen molar-refractivity contribution in [3.8, 4) is 5.75 Å². The highest BCUT2D eigenvalue weighted by Gasteiger charge is 2.13. The molecule has 0 aliphatic carbocycles. The van der Waals surface area contributed by atoms with E-state index in [4.69, 9.17) is 11.6 Å². The van der Waals surface area contributed by atoms with Gasteiger partial charge in [0.05, 0.1) is 11.0 Å². The molecular formula is C16H9ClF2N2O. The number of ether oxygens (including phenoxy) is 1. The smallest absolute Gasteiger partial charge is 0.387 e. The third-order valence-electron chi connectivity index (χ3n) is 3.60. The number of nitrogens with one attached hydrogen (secondary N) is 1. The first-order valence-electron chi connectivity index (χ1n) is 6.58. The monoisotopic (exact) mass is 318 g/mol. The summed E-state index contributed by atoms with van der Waals surface area (Å²) in [6, 6.07) is 12.4. The lowest BCUT2D eigenvalue weighted by Crippen LogP contribution is -2.01. The van der Waals surface area contributed by atoms with Crippen molar-refractivity contribution < 1.29 is 13.5 Å². The Morgan fingerprint density at radius 2 is 1.82 bits per heavy atom. The van der Waals surface area contributed by atoms with E-state index in [1.807, 2.05) is 24.3 Å². The van der Waals surface area contributed by atoms with Gasteiger partial charge in [-0.15, -0.1) is 0 Å². The molecule has 0 unspecified atom stereocenters. The Morgan fingerprint density at radius 1 is 1.05 bits per heavy atom. The number of benzene rings is 2. The van der Waals surface area contributed by atoms with Crippen molar-refractivity contribution in [1.29, 1.82) is 0 Å². The molecule has 0 aliphatic rings. The molecule has 3 nitrogen and oxygen atoms in total. The van der Waals surface area contributed by atoms with Gasteiger partial charge in [0, 0.05) is 21.7 Å². The Morgan fingerprint density at radius 3 is 2.59 bits per heavy atom. The highest BCUT2D eigenvalue weighted by atomic mass is 35.5. The van der Waals surface area contributed by atoms with Crippen LogP contribution in [0.5, 0.6) is 5.75 Å². The van der Waals surface area contributed by atoms with Gasteiger partial charge in [0.15, 0.2) is 0 Å². The molecule has 0 fully saturated rings. The standard InChI is InChI=1S/C16H9ClF2N2O/c17-15-10-4-2-1-3-9(10)13-14(21-15)11-7-8(22-16(18)19)5-6-12(11)20-13/h1-7,16,20H. The van der Waals surface area contributed by atoms with Gasteiger partial charge < -0.3 is 9.72 Å². The normalized spacial score (nSPS) is 11.8. The predicted molar refractivity (Wildman–Crippen MR) is 82.7 cm³/mol. The van der Waals surface area contributed by atoms with E-state index in [1.165, 1.54) is 6.07 Å². The van der Waals surface area contributed by atoms with Crippen LogP contribution < -0.4 is 4.74 Å². The zero-order valence-electron chi connectivity index (χ0n) is 11.1. The van der Waals surface area contributed by atoms with Gasteiger partial charge in [-0.05, 0) is 18.2 Å². The fourth-order valence-corrected chi connectivity index (χ4v) is 2.93. The lowest BCUT2D eigenvalue weighted by Gasteiger charge is -2.04. The number of nitrogens with zero attached hydrogens (tertiary/aromatic N) is 1. The molecule has 0 amide bonds. The van der Waals surface area contributed by atoms with Gasteiger partial charge >= 0.3 is 6.61 Å². The Balaban J connectivity index is 2.08. The minimum absolute atomic E-state index is 0.0921. The Labute approximate surface area is 128 Å². The number of fused-ring (bicyclic) bond motifs is 5. The Kier molecular flexibility index (Phi) is 2.90. The second-order valence-corrected chi connectivity index (χ2v) is 5.24. The van der Waals surface area contributed by atoms with Crippen LogP contribution in [0.1, 0.15) is 0 Å². The van der Waals surface area contributed by atoms with Crippen LogP contribution in [-0.2, 0) is 0 Å². The highest BCUT2D eigenvalue weighted by molar-refractivity contribution is 6.36. The molecule has 1 N–H and O–H groups in total. The molecule has 2 heterocycles. The van der Waals surface area contributed by atoms with Crippen molar-refractivity contribution >= 4 is 44.3 Å². The van der Waals surface area contributed by atoms with Crippen LogP contribution in [0.15, 0.2) is 42.5 Å². The number of aromatic amines is 1. The molecule has 110 valence electrons. The predicted octanol–water partition coefficient (Wildman–Crippen LogP) is 5.12. The number of halogens is 3. The molecule has 0 spiro atoms. The molecule has 0 saturated heterocycles. The van der Waals surface area contributed by atoms with E-state index in [1.54, 1.807) is 12.1 Å². The van der Waals surface area contributed by atoms with Gasteiger partial charge in [0.25, 0.3) is 0 Å². The fraction of sp³-hybridized carbons (Fsp3) is 0.0625. The molecule has 0 aliphatic heterocycles. The number of rotatable bonds is 2. The van der Waals surface area contributed by atoms with Crippen molar-refractivity contribution in [3.63, 3.8) is 0 Å². The summed E-state index contributed by atoms with van der Waals surface area (Å²) < 4.78 is 29.2. The van der Waals surface area contributed by atoms with Crippen molar-refractivity contribution in [1.82, 2.24) is 9.97 Å². The molecule has 0 atom stereocenters. The minimum atomic E-state index is -2.86. The molecule has 4 aromatic rings. The molecule has 2 aromatic carbocycles. The van der Waals surface area contributed by atoms with Crippen LogP contribution in [0.2, 0.25) is 5.15 Å². The Bertz CT molecular complexity index is 1010. The first-order chi connectivity index (χ1) is 10.6. The number of H-pyrrole nitrogens is 1. The SMILES string of the molecule is FC(F)Oc1ccc2[nH]c3c4ccccc4c(Cl)nc3c2c1. The zero-order chi connectivity index (χ0) is 15.3. The summed E-state index contributed by atoms with van der Waals surface area (Å²) in [5.41, 5.74) is 2.25. The number of aromatic nitrogens is 2. The van der Waals surface area contributed by atoms with Gasteiger partial charge in [0.1, 0.15) is 10.9 Å². The maximum Gasteiger partial charge on any atom is 0.387 e. The van der Waals surface area contributed by atoms with Crippen LogP contribution in [0.3, 0.4) is 0 Å². The average molecular weight is 319 g/mol. The minimum Gasteiger partial charge on any atom is -0.435 e. The number of alkyl halides is 2. The number of pyridine rings is 1. The molecular weight excluding hydrogens is 310 g/mol. The van der Waals surface area contributed by atoms with Gasteiger partial charge in [-0.25, -0.2) is 4.98 Å². The van der Waals surface area contributed by atoms with Crippen LogP contribution in [0.25, 0.3) is 32.7 Å². The lowest BCUT2D eigenvalue weighted by molar-refractivity contribution is -0.0497. The van der Waals surface area contributed by atoms with Gasteiger partial charge in [-0.3, -0.25) is 0 Å². The van der Waals surface area contributed by atoms with Crippen molar-refractivity contribution in [2.24, 2.45) is 0 Å². The molecule has 4 rings (SSSR count). The van der Waals surface area contributed by atoms with Crippen molar-refractivity contribution in [3.05, 3.63) is 47.6 Å². The van der Waals surface area contributed by atoms with E-state index < -0.39 is 6.61 Å². The quantitative estimate of drug-likeness (QED) is 0.521. The summed E-state index contributed by atoms with van der Waals surface area (Å²) in [7, 11) is 0. The van der Waals surface area contributed by atoms with Gasteiger partial charge in [-0.2, -0.15) is 8.78 Å². The molecule has 22 heavy (non-hydrogen) atoms. The highest BCUT2D eigenvalue weighted by Crippen LogP contribution is 2.34. The van der Waals surface area contributed by atoms with Crippen molar-refractivity contribution in [2.75, 3.05) is 0 Å². The first-order valence-corrected chi connectivity index (χ1v) is 6.96. The molecule has 2 aromatic heterocycles. The maximum absolute atomic E-state index is 12.4. The largest absolute Gasteiger partial charge is 0.435 e. The maximum atomic E-state index is 12.4. The summed E-state index contributed by atoms with van der Waals surface area (Å²) in [5, 5.41) is 2.85. The van der Waals surface area contributed by atoms with Crippen molar-refractivity contribution in [2.45, 2.75) is 6.61 Å². The van der Waals surface area contributed by atoms with E-state index in [-0.39, 0.29) is 5.75 Å². The van der Waals surface area contributed by atoms with Gasteiger partial charge in [-0.1, -0.05) is 35.9 Å². The molecule has 0 bridgehead atoms. The number of hydrogen-bond acceptors (Lipinski definition) is 2. The summed E-state index contributed by atoms with van der Waals surface area (Å²) >= 11 is 6.24. The first kappa shape index (κ1) is 13.3. The average Bonchev–Trinajstić information content (AvgIpc) is 2.85. The van der Waals surface area contributed by atoms with Crippen LogP contribution in [-0.4, -0.2) is 16.6 Å². The summed E-state index contributed by atoms with van der Waals surface area (Å²) in [4.78, 5) is 7.67. The third kappa shape index (κ3) is 1.97. The van der Waals surface area contributed by atoms with E-state index in [0.29, 0.717) is 16.1 Å². The second kappa shape index (κ2) is 4.81. The lowest BCUT2D eigenvalue weighted by atomic mass is 10.1. The summed E-state index contributed by atoms with van der Waals surface area (Å²) in [5.74, 6) is 0.0921. The van der Waals surface area contributed by atoms with Crippen LogP contribution in [0, 0.1) is 0 Å². The summed E-state index contributed by atoms with van der Waals surface area (Å²) in [6.45, 7) is -2.86. The topological polar surface area (TPSA) is 37.9 Å². The zero-order valence-corrected chi connectivity index (χ0v) is 11.9. The molecule has 0 radical (unpaired) electrons. The number of hydrogen-bond donors (Lipinski definition) is 1. The van der Waals surface area contributed by atoms with E-state index in [9.17, 15) is 8.78 Å². The molecule has 6 heteroatoms. The van der Waals surface area contributed by atoms with Gasteiger partial charge in [0.2, 0.25) is 0 Å². The van der Waals surface area contributed by atoms with E-state index >= 15 is 0 Å². The molecule has 0 saturated carbocycles.